The number of hydrogen-bond donors (Lipinski definition) is 2. The van der Waals surface area contributed by atoms with Crippen LogP contribution in [0.25, 0.3) is 0 Å². The Kier molecular flexibility index (Phi) is 4.57. The van der Waals surface area contributed by atoms with E-state index in [4.69, 9.17) is 4.74 Å². The van der Waals surface area contributed by atoms with E-state index in [2.05, 4.69) is 46.5 Å². The summed E-state index contributed by atoms with van der Waals surface area (Å²) in [6.07, 6.45) is 3.18. The van der Waals surface area contributed by atoms with Gasteiger partial charge in [-0.1, -0.05) is 13.8 Å². The quantitative estimate of drug-likeness (QED) is 0.627. The van der Waals surface area contributed by atoms with Crippen molar-refractivity contribution in [2.75, 3.05) is 13.7 Å². The third-order valence-corrected chi connectivity index (χ3v) is 4.66. The van der Waals surface area contributed by atoms with E-state index in [0.717, 1.165) is 43.5 Å². The highest BCUT2D eigenvalue weighted by Gasteiger charge is 2.46. The molecule has 0 spiro atoms. The molecule has 2 aliphatic rings. The molecule has 1 aliphatic carbocycles. The van der Waals surface area contributed by atoms with Crippen LogP contribution >= 0.6 is 0 Å². The first-order chi connectivity index (χ1) is 11.0. The van der Waals surface area contributed by atoms with Crippen LogP contribution in [-0.4, -0.2) is 46.5 Å². The Labute approximate surface area is 137 Å². The highest BCUT2D eigenvalue weighted by Crippen LogP contribution is 2.44. The van der Waals surface area contributed by atoms with Gasteiger partial charge in [0.15, 0.2) is 11.8 Å². The fourth-order valence-electron chi connectivity index (χ4n) is 3.03. The number of methoxy groups -OCH3 is 1. The fraction of sp³-hybridized carbons (Fsp3) is 0.812. The van der Waals surface area contributed by atoms with Crippen molar-refractivity contribution in [3.8, 4) is 0 Å². The monoisotopic (exact) mass is 320 g/mol. The van der Waals surface area contributed by atoms with Crippen LogP contribution in [0.2, 0.25) is 0 Å². The van der Waals surface area contributed by atoms with Crippen molar-refractivity contribution in [1.82, 2.24) is 25.4 Å². The van der Waals surface area contributed by atoms with Crippen molar-refractivity contribution in [3.05, 3.63) is 11.6 Å². The highest BCUT2D eigenvalue weighted by molar-refractivity contribution is 5.81. The lowest BCUT2D eigenvalue weighted by molar-refractivity contribution is 0.177. The molecule has 0 aromatic carbocycles. The fourth-order valence-corrected chi connectivity index (χ4v) is 3.03. The number of nitrogens with one attached hydrogen (secondary N) is 2. The van der Waals surface area contributed by atoms with Gasteiger partial charge in [-0.05, 0) is 25.2 Å². The lowest BCUT2D eigenvalue weighted by Gasteiger charge is -2.25. The molecule has 128 valence electrons. The third-order valence-electron chi connectivity index (χ3n) is 4.66. The minimum atomic E-state index is 0.333. The van der Waals surface area contributed by atoms with Gasteiger partial charge in [-0.2, -0.15) is 5.10 Å². The molecular formula is C16H28N6O. The van der Waals surface area contributed by atoms with Crippen LogP contribution in [0.1, 0.15) is 45.3 Å². The standard InChI is InChI=1S/C16H28N6O/c1-5-17-15(19-12-8-16(12,2)3)18-11-6-7-14-20-13(10-23-4)21-22(14)9-11/h11-12H,5-10H2,1-4H3,(H2,17,18,19). The van der Waals surface area contributed by atoms with Gasteiger partial charge in [0.2, 0.25) is 0 Å². The van der Waals surface area contributed by atoms with Gasteiger partial charge in [0.05, 0.1) is 6.54 Å². The second kappa shape index (κ2) is 6.47. The molecule has 7 heteroatoms. The number of aliphatic imine (C=N–C) groups is 1. The van der Waals surface area contributed by atoms with Gasteiger partial charge in [-0.25, -0.2) is 9.67 Å². The predicted molar refractivity (Wildman–Crippen MR) is 89.3 cm³/mol. The van der Waals surface area contributed by atoms with Gasteiger partial charge in [0.1, 0.15) is 12.4 Å². The number of ether oxygens (including phenoxy) is 1. The average Bonchev–Trinajstić information content (AvgIpc) is 2.91. The molecule has 1 fully saturated rings. The number of fused-ring (bicyclic) bond motifs is 1. The second-order valence-electron chi connectivity index (χ2n) is 7.15. The summed E-state index contributed by atoms with van der Waals surface area (Å²) < 4.78 is 7.12. The maximum Gasteiger partial charge on any atom is 0.191 e. The average molecular weight is 320 g/mol. The van der Waals surface area contributed by atoms with E-state index >= 15 is 0 Å². The van der Waals surface area contributed by atoms with E-state index in [1.807, 2.05) is 4.68 Å². The Hall–Kier alpha value is -1.63. The number of aromatic nitrogens is 3. The zero-order valence-electron chi connectivity index (χ0n) is 14.6. The van der Waals surface area contributed by atoms with Gasteiger partial charge in [0.25, 0.3) is 0 Å². The van der Waals surface area contributed by atoms with Crippen LogP contribution in [0.4, 0.5) is 0 Å². The van der Waals surface area contributed by atoms with Crippen molar-refractivity contribution in [3.63, 3.8) is 0 Å². The SMILES string of the molecule is CCN=C(NC1CCc2nc(COC)nn2C1)NC1CC1(C)C. The highest BCUT2D eigenvalue weighted by atomic mass is 16.5. The summed E-state index contributed by atoms with van der Waals surface area (Å²) in [5, 5.41) is 11.6. The van der Waals surface area contributed by atoms with E-state index < -0.39 is 0 Å². The topological polar surface area (TPSA) is 76.4 Å². The van der Waals surface area contributed by atoms with Crippen molar-refractivity contribution in [1.29, 1.82) is 0 Å². The van der Waals surface area contributed by atoms with E-state index in [1.54, 1.807) is 7.11 Å². The number of guanidine groups is 1. The van der Waals surface area contributed by atoms with Crippen molar-refractivity contribution in [2.24, 2.45) is 10.4 Å². The third kappa shape index (κ3) is 3.83. The maximum absolute atomic E-state index is 5.12. The Morgan fingerprint density at radius 3 is 2.87 bits per heavy atom. The molecule has 2 heterocycles. The Balaban J connectivity index is 1.59. The lowest BCUT2D eigenvalue weighted by Crippen LogP contribution is -2.48. The Morgan fingerprint density at radius 1 is 1.43 bits per heavy atom. The van der Waals surface area contributed by atoms with Crippen LogP contribution in [0.15, 0.2) is 4.99 Å². The van der Waals surface area contributed by atoms with Crippen LogP contribution in [-0.2, 0) is 24.3 Å². The molecule has 1 saturated carbocycles. The van der Waals surface area contributed by atoms with E-state index in [1.165, 1.54) is 6.42 Å². The Bertz CT molecular complexity index is 579. The molecule has 0 radical (unpaired) electrons. The lowest BCUT2D eigenvalue weighted by atomic mass is 10.1. The zero-order valence-corrected chi connectivity index (χ0v) is 14.6. The number of nitrogens with zero attached hydrogens (tertiary/aromatic N) is 4. The predicted octanol–water partition coefficient (Wildman–Crippen LogP) is 1.09. The number of aryl methyl sites for hydroxylation is 1. The summed E-state index contributed by atoms with van der Waals surface area (Å²) in [5.74, 6) is 2.75. The molecule has 7 nitrogen and oxygen atoms in total. The maximum atomic E-state index is 5.12. The largest absolute Gasteiger partial charge is 0.377 e. The first kappa shape index (κ1) is 16.2. The molecular weight excluding hydrogens is 292 g/mol. The van der Waals surface area contributed by atoms with Gasteiger partial charge < -0.3 is 15.4 Å². The van der Waals surface area contributed by atoms with Gasteiger partial charge in [-0.15, -0.1) is 0 Å². The van der Waals surface area contributed by atoms with Crippen LogP contribution in [0.3, 0.4) is 0 Å². The number of rotatable bonds is 5. The summed E-state index contributed by atoms with van der Waals surface area (Å²) in [7, 11) is 1.67. The summed E-state index contributed by atoms with van der Waals surface area (Å²) in [6, 6.07) is 0.860. The van der Waals surface area contributed by atoms with Crippen LogP contribution < -0.4 is 10.6 Å². The second-order valence-corrected chi connectivity index (χ2v) is 7.15. The molecule has 2 unspecified atom stereocenters. The van der Waals surface area contributed by atoms with E-state index in [-0.39, 0.29) is 0 Å². The minimum Gasteiger partial charge on any atom is -0.377 e. The van der Waals surface area contributed by atoms with Gasteiger partial charge >= 0.3 is 0 Å². The molecule has 23 heavy (non-hydrogen) atoms. The van der Waals surface area contributed by atoms with Crippen molar-refractivity contribution >= 4 is 5.96 Å². The van der Waals surface area contributed by atoms with Crippen LogP contribution in [0.5, 0.6) is 0 Å². The molecule has 2 atom stereocenters. The van der Waals surface area contributed by atoms with Crippen LogP contribution in [0, 0.1) is 5.41 Å². The summed E-state index contributed by atoms with van der Waals surface area (Å²) >= 11 is 0. The van der Waals surface area contributed by atoms with Crippen molar-refractivity contribution in [2.45, 2.75) is 65.3 Å². The molecule has 0 amide bonds. The molecule has 1 aromatic heterocycles. The smallest absolute Gasteiger partial charge is 0.191 e. The zero-order chi connectivity index (χ0) is 16.4. The number of hydrogen-bond acceptors (Lipinski definition) is 4. The first-order valence-corrected chi connectivity index (χ1v) is 8.51. The van der Waals surface area contributed by atoms with E-state index in [0.29, 0.717) is 24.1 Å². The minimum absolute atomic E-state index is 0.333. The molecule has 1 aromatic rings. The Morgan fingerprint density at radius 2 is 2.22 bits per heavy atom. The molecule has 3 rings (SSSR count). The van der Waals surface area contributed by atoms with Gasteiger partial charge in [0, 0.05) is 32.2 Å². The summed E-state index contributed by atoms with van der Waals surface area (Å²) in [4.78, 5) is 9.10. The van der Waals surface area contributed by atoms with Crippen molar-refractivity contribution < 1.29 is 4.74 Å². The normalized spacial score (nSPS) is 25.8. The van der Waals surface area contributed by atoms with Gasteiger partial charge in [-0.3, -0.25) is 4.99 Å². The molecule has 1 aliphatic heterocycles. The summed E-state index contributed by atoms with van der Waals surface area (Å²) in [5.41, 5.74) is 0.386. The molecule has 0 bridgehead atoms. The van der Waals surface area contributed by atoms with E-state index in [9.17, 15) is 0 Å². The summed E-state index contributed by atoms with van der Waals surface area (Å²) in [6.45, 7) is 8.71. The first-order valence-electron chi connectivity index (χ1n) is 8.51. The molecule has 0 saturated heterocycles. The molecule has 2 N–H and O–H groups in total.